The predicted octanol–water partition coefficient (Wildman–Crippen LogP) is 2.06. The van der Waals surface area contributed by atoms with Crippen LogP contribution in [0, 0.1) is 10.1 Å². The number of non-ortho nitro benzene ring substituents is 1. The summed E-state index contributed by atoms with van der Waals surface area (Å²) >= 11 is 1.26. The Balaban J connectivity index is 1.62. The minimum atomic E-state index is -3.39. The zero-order valence-electron chi connectivity index (χ0n) is 14.4. The second-order valence-electron chi connectivity index (χ2n) is 6.25. The van der Waals surface area contributed by atoms with Crippen LogP contribution in [0.4, 0.5) is 10.8 Å². The molecule has 0 bridgehead atoms. The van der Waals surface area contributed by atoms with Crippen molar-refractivity contribution in [1.82, 2.24) is 9.29 Å². The quantitative estimate of drug-likeness (QED) is 0.583. The number of nitrogens with one attached hydrogen (secondary N) is 1. The fourth-order valence-corrected chi connectivity index (χ4v) is 5.29. The molecule has 1 aromatic carbocycles. The average molecular weight is 400 g/mol. The third kappa shape index (κ3) is 4.29. The van der Waals surface area contributed by atoms with Gasteiger partial charge in [0.25, 0.3) is 5.69 Å². The summed E-state index contributed by atoms with van der Waals surface area (Å²) in [6.45, 7) is 4.65. The van der Waals surface area contributed by atoms with Gasteiger partial charge in [0.05, 0.1) is 33.1 Å². The summed E-state index contributed by atoms with van der Waals surface area (Å²) in [5.41, 5.74) is 0.646. The van der Waals surface area contributed by atoms with Gasteiger partial charge < -0.3 is 10.1 Å². The Kier molecular flexibility index (Phi) is 5.42. The van der Waals surface area contributed by atoms with Gasteiger partial charge in [-0.25, -0.2) is 13.4 Å². The van der Waals surface area contributed by atoms with Gasteiger partial charge in [-0.2, -0.15) is 4.31 Å². The van der Waals surface area contributed by atoms with Crippen LogP contribution in [0.1, 0.15) is 13.8 Å². The number of ether oxygens (including phenoxy) is 1. The molecule has 142 valence electrons. The summed E-state index contributed by atoms with van der Waals surface area (Å²) in [4.78, 5) is 14.7. The van der Waals surface area contributed by atoms with Crippen LogP contribution in [-0.2, 0) is 14.8 Å². The Hall–Kier alpha value is -1.82. The molecule has 0 radical (unpaired) electrons. The summed E-state index contributed by atoms with van der Waals surface area (Å²) in [7, 11) is -3.39. The Morgan fingerprint density at radius 2 is 2.08 bits per heavy atom. The highest BCUT2D eigenvalue weighted by Crippen LogP contribution is 2.29. The van der Waals surface area contributed by atoms with E-state index in [9.17, 15) is 18.5 Å². The summed E-state index contributed by atoms with van der Waals surface area (Å²) < 4.78 is 32.7. The second kappa shape index (κ2) is 7.43. The smallest absolute Gasteiger partial charge is 0.270 e. The van der Waals surface area contributed by atoms with Crippen LogP contribution in [0.5, 0.6) is 0 Å². The lowest BCUT2D eigenvalue weighted by Crippen LogP contribution is -2.49. The zero-order chi connectivity index (χ0) is 18.9. The first-order chi connectivity index (χ1) is 12.2. The Morgan fingerprint density at radius 1 is 1.38 bits per heavy atom. The molecule has 1 aliphatic rings. The fraction of sp³-hybridized carbons (Fsp3) is 0.533. The molecule has 0 amide bonds. The van der Waals surface area contributed by atoms with Gasteiger partial charge in [-0.05, 0) is 19.9 Å². The van der Waals surface area contributed by atoms with Gasteiger partial charge in [-0.1, -0.05) is 11.3 Å². The summed E-state index contributed by atoms with van der Waals surface area (Å²) in [5.74, 6) is -0.0531. The number of hydrogen-bond acceptors (Lipinski definition) is 8. The maximum absolute atomic E-state index is 12.5. The van der Waals surface area contributed by atoms with Crippen molar-refractivity contribution < 1.29 is 18.1 Å². The predicted molar refractivity (Wildman–Crippen MR) is 100 cm³/mol. The molecule has 1 aliphatic heterocycles. The van der Waals surface area contributed by atoms with Crippen molar-refractivity contribution in [3.05, 3.63) is 28.3 Å². The van der Waals surface area contributed by atoms with E-state index in [-0.39, 0.29) is 30.2 Å². The molecule has 1 N–H and O–H groups in total. The van der Waals surface area contributed by atoms with Crippen LogP contribution in [-0.4, -0.2) is 60.2 Å². The molecule has 2 aromatic rings. The van der Waals surface area contributed by atoms with Crippen molar-refractivity contribution in [2.75, 3.05) is 30.7 Å². The molecule has 1 saturated heterocycles. The Bertz CT molecular complexity index is 904. The van der Waals surface area contributed by atoms with Crippen LogP contribution in [0.2, 0.25) is 0 Å². The highest BCUT2D eigenvalue weighted by atomic mass is 32.2. The monoisotopic (exact) mass is 400 g/mol. The van der Waals surface area contributed by atoms with Crippen LogP contribution in [0.15, 0.2) is 18.2 Å². The van der Waals surface area contributed by atoms with E-state index in [0.717, 1.165) is 0 Å². The van der Waals surface area contributed by atoms with E-state index in [1.54, 1.807) is 6.07 Å². The molecule has 1 aromatic heterocycles. The lowest BCUT2D eigenvalue weighted by Gasteiger charge is -2.34. The summed E-state index contributed by atoms with van der Waals surface area (Å²) in [6.07, 6.45) is -0.247. The van der Waals surface area contributed by atoms with E-state index in [1.807, 2.05) is 13.8 Å². The molecular formula is C15H20N4O5S2. The van der Waals surface area contributed by atoms with E-state index in [4.69, 9.17) is 4.74 Å². The number of thiazole rings is 1. The Labute approximate surface area is 155 Å². The van der Waals surface area contributed by atoms with Gasteiger partial charge in [-0.15, -0.1) is 0 Å². The number of rotatable bonds is 6. The van der Waals surface area contributed by atoms with Crippen molar-refractivity contribution in [3.8, 4) is 0 Å². The first-order valence-corrected chi connectivity index (χ1v) is 10.6. The molecule has 11 heteroatoms. The number of benzene rings is 1. The molecule has 2 atom stereocenters. The average Bonchev–Trinajstić information content (AvgIpc) is 2.95. The maximum Gasteiger partial charge on any atom is 0.270 e. The van der Waals surface area contributed by atoms with Gasteiger partial charge in [0.15, 0.2) is 5.13 Å². The van der Waals surface area contributed by atoms with E-state index in [1.165, 1.54) is 27.8 Å². The molecule has 26 heavy (non-hydrogen) atoms. The van der Waals surface area contributed by atoms with Crippen LogP contribution in [0.25, 0.3) is 10.2 Å². The third-order valence-corrected chi connectivity index (χ3v) is 6.78. The molecule has 9 nitrogen and oxygen atoms in total. The number of morpholine rings is 1. The van der Waals surface area contributed by atoms with Crippen molar-refractivity contribution >= 4 is 42.4 Å². The zero-order valence-corrected chi connectivity index (χ0v) is 16.0. The second-order valence-corrected chi connectivity index (χ2v) is 9.36. The molecule has 0 saturated carbocycles. The molecule has 2 unspecified atom stereocenters. The standard InChI is InChI=1S/C15H20N4O5S2/c1-10-8-18(9-11(2)24-10)26(22,23)6-5-16-15-17-13-4-3-12(19(20)21)7-14(13)25-15/h3-4,7,10-11H,5-6,8-9H2,1-2H3,(H,16,17). The van der Waals surface area contributed by atoms with E-state index in [2.05, 4.69) is 10.3 Å². The van der Waals surface area contributed by atoms with Crippen molar-refractivity contribution in [2.45, 2.75) is 26.1 Å². The number of aromatic nitrogens is 1. The van der Waals surface area contributed by atoms with Crippen molar-refractivity contribution in [1.29, 1.82) is 0 Å². The SMILES string of the molecule is CC1CN(S(=O)(=O)CCNc2nc3ccc([N+](=O)[O-])cc3s2)CC(C)O1. The first kappa shape index (κ1) is 19.0. The highest BCUT2D eigenvalue weighted by molar-refractivity contribution is 7.89. The Morgan fingerprint density at radius 3 is 2.73 bits per heavy atom. The number of nitrogens with zero attached hydrogens (tertiary/aromatic N) is 3. The van der Waals surface area contributed by atoms with E-state index in [0.29, 0.717) is 28.4 Å². The molecular weight excluding hydrogens is 380 g/mol. The first-order valence-electron chi connectivity index (χ1n) is 8.17. The molecule has 2 heterocycles. The van der Waals surface area contributed by atoms with Gasteiger partial charge in [0.1, 0.15) is 0 Å². The minimum Gasteiger partial charge on any atom is -0.373 e. The topological polar surface area (TPSA) is 115 Å². The van der Waals surface area contributed by atoms with Crippen LogP contribution in [0.3, 0.4) is 0 Å². The van der Waals surface area contributed by atoms with Gasteiger partial charge >= 0.3 is 0 Å². The van der Waals surface area contributed by atoms with Crippen molar-refractivity contribution in [3.63, 3.8) is 0 Å². The van der Waals surface area contributed by atoms with E-state index >= 15 is 0 Å². The van der Waals surface area contributed by atoms with Crippen molar-refractivity contribution in [2.24, 2.45) is 0 Å². The number of nitro groups is 1. The minimum absolute atomic E-state index is 0.00540. The molecule has 1 fully saturated rings. The normalized spacial score (nSPS) is 21.8. The number of hydrogen-bond donors (Lipinski definition) is 1. The molecule has 3 rings (SSSR count). The van der Waals surface area contributed by atoms with Gasteiger partial charge in [0.2, 0.25) is 10.0 Å². The lowest BCUT2D eigenvalue weighted by atomic mass is 10.3. The molecule has 0 spiro atoms. The number of anilines is 1. The number of nitro benzene ring substituents is 1. The maximum atomic E-state index is 12.5. The largest absolute Gasteiger partial charge is 0.373 e. The summed E-state index contributed by atoms with van der Waals surface area (Å²) in [5, 5.41) is 14.4. The van der Waals surface area contributed by atoms with Crippen LogP contribution >= 0.6 is 11.3 Å². The van der Waals surface area contributed by atoms with Gasteiger partial charge in [0, 0.05) is 31.8 Å². The summed E-state index contributed by atoms with van der Waals surface area (Å²) in [6, 6.07) is 4.45. The fourth-order valence-electron chi connectivity index (χ4n) is 2.88. The molecule has 0 aliphatic carbocycles. The lowest BCUT2D eigenvalue weighted by molar-refractivity contribution is -0.384. The number of sulfonamides is 1. The van der Waals surface area contributed by atoms with E-state index < -0.39 is 14.9 Å². The third-order valence-electron chi connectivity index (χ3n) is 4.00. The number of fused-ring (bicyclic) bond motifs is 1. The van der Waals surface area contributed by atoms with Gasteiger partial charge in [-0.3, -0.25) is 10.1 Å². The van der Waals surface area contributed by atoms with Crippen LogP contribution < -0.4 is 5.32 Å². The highest BCUT2D eigenvalue weighted by Gasteiger charge is 2.30.